The summed E-state index contributed by atoms with van der Waals surface area (Å²) < 4.78 is 0. The summed E-state index contributed by atoms with van der Waals surface area (Å²) in [6, 6.07) is 9.50. The van der Waals surface area contributed by atoms with E-state index in [2.05, 4.69) is 25.3 Å². The van der Waals surface area contributed by atoms with E-state index in [-0.39, 0.29) is 11.9 Å². The van der Waals surface area contributed by atoms with Crippen LogP contribution in [0.3, 0.4) is 0 Å². The van der Waals surface area contributed by atoms with E-state index in [9.17, 15) is 4.79 Å². The van der Waals surface area contributed by atoms with Crippen LogP contribution in [0, 0.1) is 0 Å². The van der Waals surface area contributed by atoms with Gasteiger partial charge in [-0.1, -0.05) is 30.3 Å². The maximum absolute atomic E-state index is 13.0. The molecule has 0 aliphatic carbocycles. The highest BCUT2D eigenvalue weighted by Gasteiger charge is 2.34. The Balaban J connectivity index is 1.39. The number of imidazole rings is 1. The lowest BCUT2D eigenvalue weighted by atomic mass is 10.0. The number of H-pyrrole nitrogens is 1. The quantitative estimate of drug-likeness (QED) is 0.736. The van der Waals surface area contributed by atoms with Gasteiger partial charge in [-0.3, -0.25) is 4.79 Å². The first-order chi connectivity index (χ1) is 12.8. The van der Waals surface area contributed by atoms with Crippen molar-refractivity contribution in [1.82, 2.24) is 30.2 Å². The van der Waals surface area contributed by atoms with Crippen molar-refractivity contribution in [3.63, 3.8) is 0 Å². The summed E-state index contributed by atoms with van der Waals surface area (Å²) in [5.74, 6) is 0.737. The van der Waals surface area contributed by atoms with Gasteiger partial charge < -0.3 is 15.2 Å². The lowest BCUT2D eigenvalue weighted by molar-refractivity contribution is -0.134. The average Bonchev–Trinajstić information content (AvgIpc) is 3.34. The van der Waals surface area contributed by atoms with E-state index in [0.717, 1.165) is 41.2 Å². The Kier molecular flexibility index (Phi) is 3.53. The van der Waals surface area contributed by atoms with Crippen LogP contribution in [-0.4, -0.2) is 37.3 Å². The molecule has 0 saturated heterocycles. The molecule has 0 saturated carbocycles. The van der Waals surface area contributed by atoms with Crippen LogP contribution in [0.4, 0.5) is 0 Å². The first-order valence-electron chi connectivity index (χ1n) is 8.74. The Morgan fingerprint density at radius 2 is 2.04 bits per heavy atom. The highest BCUT2D eigenvalue weighted by Crippen LogP contribution is 2.28. The molecule has 3 aromatic rings. The van der Waals surface area contributed by atoms with E-state index in [4.69, 9.17) is 0 Å². The third-order valence-electron chi connectivity index (χ3n) is 5.00. The SMILES string of the molecule is O=C(C1NCCc2[nH]cnc21)N1Cc2cnc(-c3ccccc3)nc2C1. The number of fused-ring (bicyclic) bond motifs is 2. The van der Waals surface area contributed by atoms with Crippen molar-refractivity contribution in [2.24, 2.45) is 0 Å². The fourth-order valence-corrected chi connectivity index (χ4v) is 3.64. The number of nitrogens with one attached hydrogen (secondary N) is 2. The molecule has 5 rings (SSSR count). The Labute approximate surface area is 150 Å². The highest BCUT2D eigenvalue weighted by molar-refractivity contribution is 5.84. The zero-order valence-electron chi connectivity index (χ0n) is 14.1. The Bertz CT molecular complexity index is 967. The molecule has 1 atom stereocenters. The van der Waals surface area contributed by atoms with Crippen molar-refractivity contribution in [2.75, 3.05) is 6.54 Å². The summed E-state index contributed by atoms with van der Waals surface area (Å²) in [4.78, 5) is 31.5. The van der Waals surface area contributed by atoms with Gasteiger partial charge in [-0.2, -0.15) is 0 Å². The average molecular weight is 346 g/mol. The number of nitrogens with zero attached hydrogens (tertiary/aromatic N) is 4. The molecule has 0 fully saturated rings. The number of hydrogen-bond acceptors (Lipinski definition) is 5. The minimum Gasteiger partial charge on any atom is -0.348 e. The van der Waals surface area contributed by atoms with Crippen LogP contribution < -0.4 is 5.32 Å². The van der Waals surface area contributed by atoms with Crippen molar-refractivity contribution in [2.45, 2.75) is 25.6 Å². The van der Waals surface area contributed by atoms with Gasteiger partial charge in [0.05, 0.1) is 24.3 Å². The van der Waals surface area contributed by atoms with Gasteiger partial charge in [0.2, 0.25) is 5.91 Å². The number of amides is 1. The van der Waals surface area contributed by atoms with E-state index in [1.54, 1.807) is 6.33 Å². The third-order valence-corrected chi connectivity index (χ3v) is 5.00. The molecule has 7 nitrogen and oxygen atoms in total. The third kappa shape index (κ3) is 2.48. The largest absolute Gasteiger partial charge is 0.348 e. The zero-order chi connectivity index (χ0) is 17.5. The fraction of sp³-hybridized carbons (Fsp3) is 0.263. The second kappa shape index (κ2) is 6.03. The Morgan fingerprint density at radius 1 is 1.15 bits per heavy atom. The number of carbonyl (C=O) groups excluding carboxylic acids is 1. The topological polar surface area (TPSA) is 86.8 Å². The van der Waals surface area contributed by atoms with E-state index in [1.165, 1.54) is 0 Å². The van der Waals surface area contributed by atoms with Gasteiger partial charge in [0, 0.05) is 42.5 Å². The number of rotatable bonds is 2. The van der Waals surface area contributed by atoms with Crippen LogP contribution in [0.5, 0.6) is 0 Å². The van der Waals surface area contributed by atoms with Gasteiger partial charge in [-0.05, 0) is 0 Å². The van der Waals surface area contributed by atoms with Crippen LogP contribution in [0.1, 0.15) is 28.7 Å². The molecule has 26 heavy (non-hydrogen) atoms. The van der Waals surface area contributed by atoms with Gasteiger partial charge in [-0.15, -0.1) is 0 Å². The first kappa shape index (κ1) is 15.2. The van der Waals surface area contributed by atoms with E-state index in [1.807, 2.05) is 41.4 Å². The molecular formula is C19H18N6O. The Hall–Kier alpha value is -3.06. The van der Waals surface area contributed by atoms with E-state index in [0.29, 0.717) is 18.9 Å². The minimum absolute atomic E-state index is 0.0392. The molecule has 1 unspecified atom stereocenters. The molecule has 0 spiro atoms. The predicted octanol–water partition coefficient (Wildman–Crippen LogP) is 1.60. The molecule has 7 heteroatoms. The minimum atomic E-state index is -0.388. The van der Waals surface area contributed by atoms with Crippen molar-refractivity contribution in [1.29, 1.82) is 0 Å². The fourth-order valence-electron chi connectivity index (χ4n) is 3.64. The number of aromatic nitrogens is 4. The van der Waals surface area contributed by atoms with Crippen LogP contribution in [0.15, 0.2) is 42.9 Å². The molecule has 2 aromatic heterocycles. The van der Waals surface area contributed by atoms with Crippen molar-refractivity contribution in [3.05, 3.63) is 65.5 Å². The monoisotopic (exact) mass is 346 g/mol. The van der Waals surface area contributed by atoms with Gasteiger partial charge in [0.15, 0.2) is 5.82 Å². The lowest BCUT2D eigenvalue weighted by Gasteiger charge is -2.26. The summed E-state index contributed by atoms with van der Waals surface area (Å²) in [5, 5.41) is 3.29. The Morgan fingerprint density at radius 3 is 2.92 bits per heavy atom. The van der Waals surface area contributed by atoms with Gasteiger partial charge in [-0.25, -0.2) is 15.0 Å². The van der Waals surface area contributed by atoms with E-state index >= 15 is 0 Å². The van der Waals surface area contributed by atoms with Crippen LogP contribution in [0.2, 0.25) is 0 Å². The maximum Gasteiger partial charge on any atom is 0.246 e. The molecule has 2 aliphatic rings. The van der Waals surface area contributed by atoms with E-state index < -0.39 is 0 Å². The van der Waals surface area contributed by atoms with Gasteiger partial charge in [0.1, 0.15) is 6.04 Å². The van der Waals surface area contributed by atoms with Gasteiger partial charge >= 0.3 is 0 Å². The smallest absolute Gasteiger partial charge is 0.246 e. The first-order valence-corrected chi connectivity index (χ1v) is 8.74. The van der Waals surface area contributed by atoms with Crippen LogP contribution >= 0.6 is 0 Å². The molecule has 2 aliphatic heterocycles. The highest BCUT2D eigenvalue weighted by atomic mass is 16.2. The number of hydrogen-bond donors (Lipinski definition) is 2. The maximum atomic E-state index is 13.0. The molecule has 130 valence electrons. The second-order valence-electron chi connectivity index (χ2n) is 6.63. The summed E-state index contributed by atoms with van der Waals surface area (Å²) >= 11 is 0. The molecule has 1 aromatic carbocycles. The normalized spacial score (nSPS) is 18.5. The predicted molar refractivity (Wildman–Crippen MR) is 94.8 cm³/mol. The van der Waals surface area contributed by atoms with Gasteiger partial charge in [0.25, 0.3) is 0 Å². The van der Waals surface area contributed by atoms with Crippen LogP contribution in [-0.2, 0) is 24.3 Å². The molecule has 1 amide bonds. The summed E-state index contributed by atoms with van der Waals surface area (Å²) in [6.07, 6.45) is 4.37. The van der Waals surface area contributed by atoms with Crippen molar-refractivity contribution in [3.8, 4) is 11.4 Å². The zero-order valence-corrected chi connectivity index (χ0v) is 14.1. The molecular weight excluding hydrogens is 328 g/mol. The summed E-state index contributed by atoms with van der Waals surface area (Å²) in [7, 11) is 0. The molecule has 4 heterocycles. The number of benzene rings is 1. The molecule has 2 N–H and O–H groups in total. The summed E-state index contributed by atoms with van der Waals surface area (Å²) in [6.45, 7) is 1.82. The van der Waals surface area contributed by atoms with Crippen LogP contribution in [0.25, 0.3) is 11.4 Å². The number of carbonyl (C=O) groups is 1. The standard InChI is InChI=1S/C19H18N6O/c26-19(17-16-14(6-7-20-17)22-11-23-16)25-9-13-8-21-18(24-15(13)10-25)12-4-2-1-3-5-12/h1-5,8,11,17,20H,6-7,9-10H2,(H,22,23). The summed E-state index contributed by atoms with van der Waals surface area (Å²) in [5.41, 5.74) is 4.77. The number of aromatic amines is 1. The lowest BCUT2D eigenvalue weighted by Crippen LogP contribution is -2.42. The molecule has 0 radical (unpaired) electrons. The second-order valence-corrected chi connectivity index (χ2v) is 6.63. The molecule has 0 bridgehead atoms. The van der Waals surface area contributed by atoms with Crippen molar-refractivity contribution >= 4 is 5.91 Å². The van der Waals surface area contributed by atoms with Crippen molar-refractivity contribution < 1.29 is 4.79 Å².